The Kier molecular flexibility index (Phi) is 5.75. The molecule has 2 rings (SSSR count). The van der Waals surface area contributed by atoms with Crippen molar-refractivity contribution in [3.8, 4) is 0 Å². The van der Waals surface area contributed by atoms with Gasteiger partial charge >= 0.3 is 6.03 Å². The number of imide groups is 1. The number of benzene rings is 1. The summed E-state index contributed by atoms with van der Waals surface area (Å²) in [5, 5.41) is 5.52. The van der Waals surface area contributed by atoms with Gasteiger partial charge < -0.3 is 5.32 Å². The number of urea groups is 1. The Morgan fingerprint density at radius 1 is 1.30 bits per heavy atom. The molecule has 0 aliphatic heterocycles. The third-order valence-electron chi connectivity index (χ3n) is 3.09. The number of hydrogen-bond acceptors (Lipinski definition) is 5. The van der Waals surface area contributed by atoms with Crippen LogP contribution >= 0.6 is 11.8 Å². The maximum Gasteiger partial charge on any atom is 0.321 e. The predicted octanol–water partition coefficient (Wildman–Crippen LogP) is 1.35. The van der Waals surface area contributed by atoms with Crippen molar-refractivity contribution in [3.05, 3.63) is 34.6 Å². The Morgan fingerprint density at radius 3 is 2.74 bits per heavy atom. The van der Waals surface area contributed by atoms with Gasteiger partial charge in [0.2, 0.25) is 5.91 Å². The second kappa shape index (κ2) is 7.77. The van der Waals surface area contributed by atoms with Gasteiger partial charge in [-0.1, -0.05) is 30.8 Å². The Balaban J connectivity index is 2.28. The minimum atomic E-state index is -0.562. The normalized spacial score (nSPS) is 10.5. The Hall–Kier alpha value is -2.35. The summed E-state index contributed by atoms with van der Waals surface area (Å²) >= 11 is 1.14. The molecule has 1 aromatic carbocycles. The molecular formula is C15H18N4O3S. The van der Waals surface area contributed by atoms with Crippen molar-refractivity contribution in [2.75, 3.05) is 12.8 Å². The molecule has 1 heterocycles. The highest BCUT2D eigenvalue weighted by Crippen LogP contribution is 2.17. The number of amides is 3. The zero-order chi connectivity index (χ0) is 16.8. The van der Waals surface area contributed by atoms with Crippen LogP contribution in [0.1, 0.15) is 13.3 Å². The lowest BCUT2D eigenvalue weighted by atomic mass is 10.2. The van der Waals surface area contributed by atoms with Crippen LogP contribution in [0.4, 0.5) is 4.79 Å². The predicted molar refractivity (Wildman–Crippen MR) is 89.6 cm³/mol. The van der Waals surface area contributed by atoms with E-state index in [0.29, 0.717) is 22.6 Å². The van der Waals surface area contributed by atoms with E-state index < -0.39 is 11.9 Å². The molecule has 0 unspecified atom stereocenters. The van der Waals surface area contributed by atoms with Crippen molar-refractivity contribution < 1.29 is 9.59 Å². The number of thioether (sulfide) groups is 1. The number of para-hydroxylation sites is 1. The van der Waals surface area contributed by atoms with E-state index in [-0.39, 0.29) is 11.3 Å². The lowest BCUT2D eigenvalue weighted by Crippen LogP contribution is -2.38. The van der Waals surface area contributed by atoms with E-state index in [9.17, 15) is 14.4 Å². The van der Waals surface area contributed by atoms with Crippen LogP contribution in [0.5, 0.6) is 0 Å². The molecule has 2 aromatic rings. The van der Waals surface area contributed by atoms with Crippen LogP contribution in [0.2, 0.25) is 0 Å². The van der Waals surface area contributed by atoms with Gasteiger partial charge in [0.1, 0.15) is 0 Å². The van der Waals surface area contributed by atoms with E-state index in [1.54, 1.807) is 22.8 Å². The molecule has 2 N–H and O–H groups in total. The van der Waals surface area contributed by atoms with Crippen LogP contribution in [0, 0.1) is 0 Å². The van der Waals surface area contributed by atoms with E-state index in [4.69, 9.17) is 0 Å². The molecular weight excluding hydrogens is 316 g/mol. The molecule has 3 amide bonds. The Morgan fingerprint density at radius 2 is 2.04 bits per heavy atom. The van der Waals surface area contributed by atoms with Crippen LogP contribution in [0.3, 0.4) is 0 Å². The molecule has 0 bridgehead atoms. The summed E-state index contributed by atoms with van der Waals surface area (Å²) in [6.45, 7) is 2.49. The first-order valence-electron chi connectivity index (χ1n) is 7.20. The van der Waals surface area contributed by atoms with Crippen LogP contribution in [0.25, 0.3) is 10.9 Å². The number of nitrogens with zero attached hydrogens (tertiary/aromatic N) is 2. The molecule has 0 atom stereocenters. The summed E-state index contributed by atoms with van der Waals surface area (Å²) in [4.78, 5) is 39.8. The molecule has 1 aromatic heterocycles. The van der Waals surface area contributed by atoms with Gasteiger partial charge in [0.05, 0.1) is 16.7 Å². The standard InChI is InChI=1S/C15H18N4O3S/c1-3-8-19-13(21)10-6-4-5-7-11(10)17-15(19)23-9-12(20)18-14(22)16-2/h4-7H,3,8-9H2,1-2H3,(H2,16,18,20,22). The molecule has 122 valence electrons. The number of hydrogen-bond donors (Lipinski definition) is 2. The highest BCUT2D eigenvalue weighted by atomic mass is 32.2. The van der Waals surface area contributed by atoms with Crippen molar-refractivity contribution in [2.24, 2.45) is 0 Å². The van der Waals surface area contributed by atoms with E-state index >= 15 is 0 Å². The maximum absolute atomic E-state index is 12.6. The van der Waals surface area contributed by atoms with Crippen molar-refractivity contribution in [3.63, 3.8) is 0 Å². The number of nitrogens with one attached hydrogen (secondary N) is 2. The lowest BCUT2D eigenvalue weighted by molar-refractivity contribution is -0.117. The molecule has 0 saturated heterocycles. The summed E-state index contributed by atoms with van der Waals surface area (Å²) < 4.78 is 1.57. The first kappa shape index (κ1) is 17.0. The average Bonchev–Trinajstić information content (AvgIpc) is 2.55. The van der Waals surface area contributed by atoms with E-state index in [1.165, 1.54) is 7.05 Å². The van der Waals surface area contributed by atoms with Crippen LogP contribution < -0.4 is 16.2 Å². The fraction of sp³-hybridized carbons (Fsp3) is 0.333. The summed E-state index contributed by atoms with van der Waals surface area (Å²) in [5.41, 5.74) is 0.478. The average molecular weight is 334 g/mol. The van der Waals surface area contributed by atoms with Crippen molar-refractivity contribution in [2.45, 2.75) is 25.0 Å². The first-order valence-corrected chi connectivity index (χ1v) is 8.19. The lowest BCUT2D eigenvalue weighted by Gasteiger charge is -2.12. The van der Waals surface area contributed by atoms with Crippen molar-refractivity contribution >= 4 is 34.6 Å². The monoisotopic (exact) mass is 334 g/mol. The second-order valence-electron chi connectivity index (χ2n) is 4.78. The van der Waals surface area contributed by atoms with Gasteiger partial charge in [0.25, 0.3) is 5.56 Å². The third-order valence-corrected chi connectivity index (χ3v) is 4.06. The van der Waals surface area contributed by atoms with Crippen LogP contribution in [0.15, 0.2) is 34.2 Å². The summed E-state index contributed by atoms with van der Waals surface area (Å²) in [6.07, 6.45) is 0.776. The smallest absolute Gasteiger partial charge is 0.321 e. The van der Waals surface area contributed by atoms with Gasteiger partial charge in [-0.05, 0) is 18.6 Å². The molecule has 0 fully saturated rings. The van der Waals surface area contributed by atoms with Crippen molar-refractivity contribution in [1.29, 1.82) is 0 Å². The highest BCUT2D eigenvalue weighted by Gasteiger charge is 2.13. The zero-order valence-corrected chi connectivity index (χ0v) is 13.8. The number of fused-ring (bicyclic) bond motifs is 1. The van der Waals surface area contributed by atoms with Gasteiger partial charge in [-0.3, -0.25) is 19.5 Å². The van der Waals surface area contributed by atoms with Crippen molar-refractivity contribution in [1.82, 2.24) is 20.2 Å². The molecule has 23 heavy (non-hydrogen) atoms. The highest BCUT2D eigenvalue weighted by molar-refractivity contribution is 7.99. The van der Waals surface area contributed by atoms with Gasteiger partial charge in [0, 0.05) is 13.6 Å². The molecule has 7 nitrogen and oxygen atoms in total. The summed E-state index contributed by atoms with van der Waals surface area (Å²) in [7, 11) is 1.43. The Bertz CT molecular complexity index is 788. The van der Waals surface area contributed by atoms with Gasteiger partial charge in [-0.25, -0.2) is 9.78 Å². The minimum absolute atomic E-state index is 0.00190. The fourth-order valence-electron chi connectivity index (χ4n) is 2.03. The summed E-state index contributed by atoms with van der Waals surface area (Å²) in [6, 6.07) is 6.55. The molecule has 0 saturated carbocycles. The molecule has 0 aliphatic rings. The third kappa shape index (κ3) is 4.10. The topological polar surface area (TPSA) is 93.1 Å². The number of rotatable bonds is 5. The summed E-state index contributed by atoms with van der Waals surface area (Å²) in [5.74, 6) is -0.443. The largest absolute Gasteiger partial charge is 0.341 e. The van der Waals surface area contributed by atoms with E-state index in [0.717, 1.165) is 18.2 Å². The SMILES string of the molecule is CCCn1c(SCC(=O)NC(=O)NC)nc2ccccc2c1=O. The molecule has 8 heteroatoms. The van der Waals surface area contributed by atoms with E-state index in [1.807, 2.05) is 13.0 Å². The molecule has 0 aliphatic carbocycles. The maximum atomic E-state index is 12.6. The Labute approximate surface area is 137 Å². The minimum Gasteiger partial charge on any atom is -0.341 e. The van der Waals surface area contributed by atoms with Gasteiger partial charge in [-0.2, -0.15) is 0 Å². The zero-order valence-electron chi connectivity index (χ0n) is 13.0. The van der Waals surface area contributed by atoms with Crippen LogP contribution in [-0.4, -0.2) is 34.3 Å². The number of aromatic nitrogens is 2. The van der Waals surface area contributed by atoms with E-state index in [2.05, 4.69) is 15.6 Å². The number of carbonyl (C=O) groups is 2. The molecule has 0 spiro atoms. The number of carbonyl (C=O) groups excluding carboxylic acids is 2. The quantitative estimate of drug-likeness (QED) is 0.636. The van der Waals surface area contributed by atoms with Crippen LogP contribution in [-0.2, 0) is 11.3 Å². The first-order chi connectivity index (χ1) is 11.1. The van der Waals surface area contributed by atoms with Gasteiger partial charge in [0.15, 0.2) is 5.16 Å². The molecule has 0 radical (unpaired) electrons. The second-order valence-corrected chi connectivity index (χ2v) is 5.73. The fourth-order valence-corrected chi connectivity index (χ4v) is 2.86. The van der Waals surface area contributed by atoms with Gasteiger partial charge in [-0.15, -0.1) is 0 Å².